The minimum atomic E-state index is -2.97. The van der Waals surface area contributed by atoms with Crippen LogP contribution in [0.4, 0.5) is 8.78 Å². The predicted molar refractivity (Wildman–Crippen MR) is 18.9 cm³/mol. The monoisotopic (exact) mass is 118 g/mol. The summed E-state index contributed by atoms with van der Waals surface area (Å²) in [5.41, 5.74) is 0. The molecule has 0 heterocycles. The van der Waals surface area contributed by atoms with Crippen molar-refractivity contribution >= 4 is 5.97 Å². The molecule has 0 spiro atoms. The van der Waals surface area contributed by atoms with Crippen LogP contribution < -0.4 is 18.9 Å². The van der Waals surface area contributed by atoms with Crippen LogP contribution in [0.15, 0.2) is 0 Å². The van der Waals surface area contributed by atoms with Crippen LogP contribution in [0.25, 0.3) is 0 Å². The molecule has 0 fully saturated rings. The molecule has 0 aromatic carbocycles. The molecule has 0 rings (SSSR count). The maximum absolute atomic E-state index is 10.8. The van der Waals surface area contributed by atoms with Gasteiger partial charge in [0, 0.05) is 6.92 Å². The molecule has 0 aliphatic rings. The van der Waals surface area contributed by atoms with E-state index >= 15 is 0 Å². The molecular weight excluding hydrogens is 113 g/mol. The summed E-state index contributed by atoms with van der Waals surface area (Å²) < 4.78 is 25.0. The molecule has 0 saturated carbocycles. The van der Waals surface area contributed by atoms with Crippen molar-refractivity contribution in [1.82, 2.24) is 0 Å². The van der Waals surface area contributed by atoms with Gasteiger partial charge >= 0.3 is 31.4 Å². The number of alkyl halides is 2. The summed E-state index contributed by atoms with van der Waals surface area (Å²) in [4.78, 5) is 9.55. The third kappa shape index (κ3) is 9.33. The summed E-state index contributed by atoms with van der Waals surface area (Å²) in [7, 11) is 0. The second kappa shape index (κ2) is 5.07. The molecule has 5 heteroatoms. The van der Waals surface area contributed by atoms with Gasteiger partial charge in [0.2, 0.25) is 0 Å². The molecule has 0 bridgehead atoms. The number of ether oxygens (including phenoxy) is 1. The zero-order valence-corrected chi connectivity index (χ0v) is 4.65. The van der Waals surface area contributed by atoms with Crippen molar-refractivity contribution in [1.29, 1.82) is 0 Å². The van der Waals surface area contributed by atoms with Crippen molar-refractivity contribution in [3.63, 3.8) is 0 Å². The molecule has 0 aliphatic carbocycles. The molecule has 2 nitrogen and oxygen atoms in total. The van der Waals surface area contributed by atoms with Gasteiger partial charge in [-0.1, -0.05) is 0 Å². The van der Waals surface area contributed by atoms with Crippen LogP contribution in [0.3, 0.4) is 0 Å². The Balaban J connectivity index is -0.000000180. The van der Waals surface area contributed by atoms with Gasteiger partial charge < -0.3 is 6.16 Å². The van der Waals surface area contributed by atoms with E-state index in [9.17, 15) is 13.6 Å². The summed E-state index contributed by atoms with van der Waals surface area (Å²) in [6.45, 7) is -2.05. The van der Waals surface area contributed by atoms with Crippen LogP contribution in [0.1, 0.15) is 8.35 Å². The molecule has 44 valence electrons. The molecule has 0 atom stereocenters. The smallest absolute Gasteiger partial charge is 1.00 e. The first-order chi connectivity index (χ1) is 3.13. The standard InChI is InChI=1S/C3H4F2O2.Li.H/c1-2(6)7-3(4)5;;/h3H,1H3;;/q;+1;-1. The molecule has 0 amide bonds. The van der Waals surface area contributed by atoms with Crippen molar-refractivity contribution in [2.45, 2.75) is 13.5 Å². The van der Waals surface area contributed by atoms with Crippen LogP contribution in [-0.2, 0) is 9.53 Å². The van der Waals surface area contributed by atoms with Crippen LogP contribution in [0.2, 0.25) is 0 Å². The number of hydrogen-bond donors (Lipinski definition) is 0. The summed E-state index contributed by atoms with van der Waals surface area (Å²) in [5.74, 6) is -0.963. The van der Waals surface area contributed by atoms with Gasteiger partial charge in [-0.3, -0.25) is 4.79 Å². The van der Waals surface area contributed by atoms with Crippen LogP contribution in [-0.4, -0.2) is 12.6 Å². The van der Waals surface area contributed by atoms with E-state index in [4.69, 9.17) is 0 Å². The number of esters is 1. The molecule has 0 aliphatic heterocycles. The van der Waals surface area contributed by atoms with Gasteiger partial charge in [0.15, 0.2) is 0 Å². The average Bonchev–Trinajstić information content (AvgIpc) is 1.27. The van der Waals surface area contributed by atoms with Crippen molar-refractivity contribution in [3.8, 4) is 0 Å². The number of carbonyl (C=O) groups excluding carboxylic acids is 1. The van der Waals surface area contributed by atoms with Crippen molar-refractivity contribution < 1.29 is 38.6 Å². The molecule has 0 unspecified atom stereocenters. The fourth-order valence-corrected chi connectivity index (χ4v) is 0.125. The Morgan fingerprint density at radius 3 is 2.12 bits per heavy atom. The second-order valence-corrected chi connectivity index (χ2v) is 0.870. The van der Waals surface area contributed by atoms with Crippen molar-refractivity contribution in [2.24, 2.45) is 0 Å². The first-order valence-electron chi connectivity index (χ1n) is 1.58. The third-order valence-electron chi connectivity index (χ3n) is 0.255. The summed E-state index contributed by atoms with van der Waals surface area (Å²) in [5, 5.41) is 0. The van der Waals surface area contributed by atoms with E-state index in [1.807, 2.05) is 0 Å². The second-order valence-electron chi connectivity index (χ2n) is 0.870. The number of rotatable bonds is 1. The van der Waals surface area contributed by atoms with E-state index in [0.29, 0.717) is 0 Å². The Morgan fingerprint density at radius 1 is 1.75 bits per heavy atom. The summed E-state index contributed by atoms with van der Waals surface area (Å²) in [6.07, 6.45) is 0. The molecule has 0 aromatic rings. The summed E-state index contributed by atoms with van der Waals surface area (Å²) in [6, 6.07) is 0. The number of halogens is 2. The van der Waals surface area contributed by atoms with Crippen molar-refractivity contribution in [2.75, 3.05) is 0 Å². The molecule has 0 saturated heterocycles. The maximum Gasteiger partial charge on any atom is 1.00 e. The molecular formula is C3H5F2LiO2. The molecule has 0 aromatic heterocycles. The van der Waals surface area contributed by atoms with Gasteiger partial charge in [-0.05, 0) is 0 Å². The molecule has 0 N–H and O–H groups in total. The SMILES string of the molecule is CC(=O)OC(F)F.[H-].[Li+]. The third-order valence-corrected chi connectivity index (χ3v) is 0.255. The Kier molecular flexibility index (Phi) is 6.86. The van der Waals surface area contributed by atoms with E-state index in [1.54, 1.807) is 0 Å². The Morgan fingerprint density at radius 2 is 2.12 bits per heavy atom. The normalized spacial score (nSPS) is 8.00. The fourth-order valence-electron chi connectivity index (χ4n) is 0.125. The van der Waals surface area contributed by atoms with Crippen LogP contribution >= 0.6 is 0 Å². The first-order valence-corrected chi connectivity index (χ1v) is 1.58. The number of hydrogen-bond acceptors (Lipinski definition) is 2. The molecule has 8 heavy (non-hydrogen) atoms. The number of carbonyl (C=O) groups is 1. The molecule has 0 radical (unpaired) electrons. The van der Waals surface area contributed by atoms with Crippen LogP contribution in [0, 0.1) is 0 Å². The Hall–Kier alpha value is -0.0726. The van der Waals surface area contributed by atoms with E-state index < -0.39 is 12.6 Å². The fraction of sp³-hybridized carbons (Fsp3) is 0.667. The average molecular weight is 118 g/mol. The van der Waals surface area contributed by atoms with Gasteiger partial charge in [0.25, 0.3) is 0 Å². The first kappa shape index (κ1) is 10.8. The predicted octanol–water partition coefficient (Wildman–Crippen LogP) is -2.11. The maximum atomic E-state index is 10.8. The van der Waals surface area contributed by atoms with Gasteiger partial charge in [-0.25, -0.2) is 0 Å². The zero-order valence-electron chi connectivity index (χ0n) is 5.65. The Bertz CT molecular complexity index is 80.2. The van der Waals surface area contributed by atoms with Gasteiger partial charge in [-0.15, -0.1) is 0 Å². The van der Waals surface area contributed by atoms with Gasteiger partial charge in [0.1, 0.15) is 0 Å². The van der Waals surface area contributed by atoms with Crippen molar-refractivity contribution in [3.05, 3.63) is 0 Å². The van der Waals surface area contributed by atoms with Gasteiger partial charge in [0.05, 0.1) is 0 Å². The minimum absolute atomic E-state index is 0. The van der Waals surface area contributed by atoms with E-state index in [0.717, 1.165) is 6.92 Å². The van der Waals surface area contributed by atoms with Crippen LogP contribution in [0.5, 0.6) is 0 Å². The quantitative estimate of drug-likeness (QED) is 0.291. The largest absolute Gasteiger partial charge is 1.00 e. The minimum Gasteiger partial charge on any atom is -1.00 e. The van der Waals surface area contributed by atoms with E-state index in [-0.39, 0.29) is 20.3 Å². The van der Waals surface area contributed by atoms with E-state index in [1.165, 1.54) is 0 Å². The van der Waals surface area contributed by atoms with Gasteiger partial charge in [-0.2, -0.15) is 8.78 Å². The topological polar surface area (TPSA) is 26.3 Å². The zero-order chi connectivity index (χ0) is 5.86. The van der Waals surface area contributed by atoms with E-state index in [2.05, 4.69) is 4.74 Å². The summed E-state index contributed by atoms with van der Waals surface area (Å²) >= 11 is 0. The Labute approximate surface area is 58.9 Å².